The summed E-state index contributed by atoms with van der Waals surface area (Å²) in [5.74, 6) is 1.35. The Hall–Kier alpha value is -1.26. The first-order valence-electron chi connectivity index (χ1n) is 6.74. The summed E-state index contributed by atoms with van der Waals surface area (Å²) < 4.78 is 1.07. The Morgan fingerprint density at radius 1 is 1.14 bits per heavy atom. The summed E-state index contributed by atoms with van der Waals surface area (Å²) in [6.45, 7) is 4.08. The minimum atomic E-state index is 0.0470. The molecule has 2 nitrogen and oxygen atoms in total. The lowest BCUT2D eigenvalue weighted by atomic mass is 10.1. The van der Waals surface area contributed by atoms with E-state index in [2.05, 4.69) is 33.4 Å². The smallest absolute Gasteiger partial charge is 0.234 e. The lowest BCUT2D eigenvalue weighted by molar-refractivity contribution is -0.113. The first-order valence-corrected chi connectivity index (χ1v) is 8.69. The molecule has 0 aliphatic carbocycles. The van der Waals surface area contributed by atoms with Crippen LogP contribution in [0.5, 0.6) is 0 Å². The number of halogens is 1. The maximum atomic E-state index is 12.0. The van der Waals surface area contributed by atoms with Crippen LogP contribution in [0.1, 0.15) is 16.7 Å². The van der Waals surface area contributed by atoms with Gasteiger partial charge >= 0.3 is 0 Å². The summed E-state index contributed by atoms with van der Waals surface area (Å²) in [5, 5.41) is 2.98. The molecule has 2 aromatic carbocycles. The van der Waals surface area contributed by atoms with Crippen LogP contribution in [0.3, 0.4) is 0 Å². The van der Waals surface area contributed by atoms with Gasteiger partial charge in [0.05, 0.1) is 5.75 Å². The molecule has 4 heteroatoms. The lowest BCUT2D eigenvalue weighted by Crippen LogP contribution is -2.15. The largest absolute Gasteiger partial charge is 0.325 e. The average molecular weight is 364 g/mol. The number of carbonyl (C=O) groups is 1. The third-order valence-electron chi connectivity index (χ3n) is 3.29. The van der Waals surface area contributed by atoms with Crippen LogP contribution in [-0.2, 0) is 10.5 Å². The zero-order valence-corrected chi connectivity index (χ0v) is 14.6. The fourth-order valence-corrected chi connectivity index (χ4v) is 2.97. The second-order valence-corrected chi connectivity index (χ2v) is 6.82. The number of carbonyl (C=O) groups excluding carboxylic acids is 1. The van der Waals surface area contributed by atoms with E-state index >= 15 is 0 Å². The van der Waals surface area contributed by atoms with E-state index in [0.717, 1.165) is 21.5 Å². The van der Waals surface area contributed by atoms with Gasteiger partial charge in [0.2, 0.25) is 5.91 Å². The fourth-order valence-electron chi connectivity index (χ4n) is 1.92. The van der Waals surface area contributed by atoms with Crippen LogP contribution in [0.4, 0.5) is 5.69 Å². The van der Waals surface area contributed by atoms with Crippen molar-refractivity contribution in [2.45, 2.75) is 19.6 Å². The van der Waals surface area contributed by atoms with Crippen molar-refractivity contribution in [3.05, 3.63) is 63.6 Å². The monoisotopic (exact) mass is 363 g/mol. The van der Waals surface area contributed by atoms with E-state index < -0.39 is 0 Å². The van der Waals surface area contributed by atoms with Crippen LogP contribution < -0.4 is 5.32 Å². The van der Waals surface area contributed by atoms with Gasteiger partial charge in [-0.05, 0) is 48.7 Å². The third kappa shape index (κ3) is 4.90. The van der Waals surface area contributed by atoms with Crippen LogP contribution in [0.2, 0.25) is 0 Å². The highest BCUT2D eigenvalue weighted by Gasteiger charge is 2.06. The SMILES string of the molecule is Cc1cccc(NC(=O)CSCc2ccc(Br)cc2)c1C. The zero-order chi connectivity index (χ0) is 15.2. The number of thioether (sulfide) groups is 1. The first-order chi connectivity index (χ1) is 10.1. The molecule has 2 rings (SSSR count). The molecule has 21 heavy (non-hydrogen) atoms. The number of anilines is 1. The van der Waals surface area contributed by atoms with Crippen LogP contribution in [0.25, 0.3) is 0 Å². The van der Waals surface area contributed by atoms with E-state index in [0.29, 0.717) is 5.75 Å². The van der Waals surface area contributed by atoms with Crippen LogP contribution >= 0.6 is 27.7 Å². The van der Waals surface area contributed by atoms with Gasteiger partial charge in [-0.3, -0.25) is 4.79 Å². The Morgan fingerprint density at radius 2 is 1.86 bits per heavy atom. The molecule has 0 saturated heterocycles. The maximum absolute atomic E-state index is 12.0. The second kappa shape index (κ2) is 7.66. The number of hydrogen-bond donors (Lipinski definition) is 1. The molecular formula is C17H18BrNOS. The number of rotatable bonds is 5. The number of amides is 1. The van der Waals surface area contributed by atoms with Crippen molar-refractivity contribution >= 4 is 39.3 Å². The highest BCUT2D eigenvalue weighted by molar-refractivity contribution is 9.10. The van der Waals surface area contributed by atoms with Gasteiger partial charge < -0.3 is 5.32 Å². The Morgan fingerprint density at radius 3 is 2.57 bits per heavy atom. The predicted molar refractivity (Wildman–Crippen MR) is 94.8 cm³/mol. The number of hydrogen-bond acceptors (Lipinski definition) is 2. The van der Waals surface area contributed by atoms with Gasteiger partial charge in [-0.15, -0.1) is 11.8 Å². The summed E-state index contributed by atoms with van der Waals surface area (Å²) in [7, 11) is 0. The molecule has 0 aliphatic rings. The molecule has 0 heterocycles. The molecule has 0 saturated carbocycles. The standard InChI is InChI=1S/C17H18BrNOS/c1-12-4-3-5-16(13(12)2)19-17(20)11-21-10-14-6-8-15(18)9-7-14/h3-9H,10-11H2,1-2H3,(H,19,20). The molecule has 2 aromatic rings. The minimum absolute atomic E-state index is 0.0470. The summed E-state index contributed by atoms with van der Waals surface area (Å²) in [6.07, 6.45) is 0. The van der Waals surface area contributed by atoms with E-state index in [-0.39, 0.29) is 5.91 Å². The molecule has 0 radical (unpaired) electrons. The molecule has 1 N–H and O–H groups in total. The van der Waals surface area contributed by atoms with Crippen molar-refractivity contribution in [3.8, 4) is 0 Å². The topological polar surface area (TPSA) is 29.1 Å². The van der Waals surface area contributed by atoms with Crippen molar-refractivity contribution in [3.63, 3.8) is 0 Å². The molecule has 0 unspecified atom stereocenters. The van der Waals surface area contributed by atoms with E-state index in [4.69, 9.17) is 0 Å². The van der Waals surface area contributed by atoms with Gasteiger partial charge in [-0.2, -0.15) is 0 Å². The second-order valence-electron chi connectivity index (χ2n) is 4.91. The quantitative estimate of drug-likeness (QED) is 0.814. The molecule has 1 amide bonds. The third-order valence-corrected chi connectivity index (χ3v) is 4.83. The highest BCUT2D eigenvalue weighted by Crippen LogP contribution is 2.19. The van der Waals surface area contributed by atoms with E-state index in [1.807, 2.05) is 44.2 Å². The molecule has 0 bridgehead atoms. The highest BCUT2D eigenvalue weighted by atomic mass is 79.9. The predicted octanol–water partition coefficient (Wildman–Crippen LogP) is 4.94. The van der Waals surface area contributed by atoms with Crippen LogP contribution in [-0.4, -0.2) is 11.7 Å². The number of aryl methyl sites for hydroxylation is 1. The van der Waals surface area contributed by atoms with E-state index in [9.17, 15) is 4.79 Å². The van der Waals surface area contributed by atoms with Crippen molar-refractivity contribution in [2.75, 3.05) is 11.1 Å². The summed E-state index contributed by atoms with van der Waals surface area (Å²) in [6, 6.07) is 14.1. The average Bonchev–Trinajstić information content (AvgIpc) is 2.46. The van der Waals surface area contributed by atoms with Crippen molar-refractivity contribution in [1.29, 1.82) is 0 Å². The van der Waals surface area contributed by atoms with Gasteiger partial charge in [0.15, 0.2) is 0 Å². The lowest BCUT2D eigenvalue weighted by Gasteiger charge is -2.10. The zero-order valence-electron chi connectivity index (χ0n) is 12.2. The van der Waals surface area contributed by atoms with Gasteiger partial charge in [0.25, 0.3) is 0 Å². The molecule has 0 fully saturated rings. The van der Waals surface area contributed by atoms with Crippen molar-refractivity contribution in [2.24, 2.45) is 0 Å². The summed E-state index contributed by atoms with van der Waals surface area (Å²) >= 11 is 5.04. The summed E-state index contributed by atoms with van der Waals surface area (Å²) in [5.41, 5.74) is 4.45. The molecule has 110 valence electrons. The van der Waals surface area contributed by atoms with Crippen molar-refractivity contribution in [1.82, 2.24) is 0 Å². The summed E-state index contributed by atoms with van der Waals surface area (Å²) in [4.78, 5) is 12.0. The van der Waals surface area contributed by atoms with Gasteiger partial charge in [-0.25, -0.2) is 0 Å². The Labute approximate surface area is 138 Å². The normalized spacial score (nSPS) is 10.4. The van der Waals surface area contributed by atoms with E-state index in [1.165, 1.54) is 11.1 Å². The maximum Gasteiger partial charge on any atom is 0.234 e. The van der Waals surface area contributed by atoms with E-state index in [1.54, 1.807) is 11.8 Å². The van der Waals surface area contributed by atoms with Crippen molar-refractivity contribution < 1.29 is 4.79 Å². The Balaban J connectivity index is 1.82. The van der Waals surface area contributed by atoms with Crippen LogP contribution in [0, 0.1) is 13.8 Å². The number of benzene rings is 2. The van der Waals surface area contributed by atoms with Gasteiger partial charge in [0, 0.05) is 15.9 Å². The minimum Gasteiger partial charge on any atom is -0.325 e. The fraction of sp³-hybridized carbons (Fsp3) is 0.235. The van der Waals surface area contributed by atoms with Gasteiger partial charge in [-0.1, -0.05) is 40.2 Å². The Bertz CT molecular complexity index is 625. The molecule has 0 aliphatic heterocycles. The molecule has 0 aromatic heterocycles. The molecule has 0 spiro atoms. The first kappa shape index (κ1) is 16.1. The Kier molecular flexibility index (Phi) is 5.88. The molecule has 0 atom stereocenters. The molecular weight excluding hydrogens is 346 g/mol. The number of nitrogens with one attached hydrogen (secondary N) is 1. The van der Waals surface area contributed by atoms with Crippen LogP contribution in [0.15, 0.2) is 46.9 Å². The van der Waals surface area contributed by atoms with Gasteiger partial charge in [0.1, 0.15) is 0 Å².